The third-order valence-electron chi connectivity index (χ3n) is 3.47. The number of aromatic nitrogens is 2. The second kappa shape index (κ2) is 7.01. The van der Waals surface area contributed by atoms with Crippen molar-refractivity contribution in [3.8, 4) is 11.1 Å². The van der Waals surface area contributed by atoms with Crippen molar-refractivity contribution < 1.29 is 18.0 Å². The highest BCUT2D eigenvalue weighted by atomic mass is 35.5. The fraction of sp³-hybridized carbons (Fsp3) is 0.0588. The average Bonchev–Trinajstić information content (AvgIpc) is 2.98. The Bertz CT molecular complexity index is 935. The van der Waals surface area contributed by atoms with Crippen molar-refractivity contribution in [2.45, 2.75) is 6.18 Å². The van der Waals surface area contributed by atoms with E-state index in [0.717, 1.165) is 0 Å². The molecule has 0 atom stereocenters. The Morgan fingerprint density at radius 3 is 2.23 bits per heavy atom. The van der Waals surface area contributed by atoms with Gasteiger partial charge in [0.1, 0.15) is 5.69 Å². The Morgan fingerprint density at radius 2 is 1.65 bits per heavy atom. The number of alkyl halides is 3. The van der Waals surface area contributed by atoms with Gasteiger partial charge in [-0.15, -0.1) is 0 Å². The molecule has 134 valence electrons. The van der Waals surface area contributed by atoms with Crippen LogP contribution in [-0.4, -0.2) is 16.1 Å². The molecule has 0 bridgehead atoms. The Hall–Kier alpha value is -2.51. The van der Waals surface area contributed by atoms with Crippen molar-refractivity contribution >= 4 is 34.9 Å². The van der Waals surface area contributed by atoms with Crippen LogP contribution in [0.3, 0.4) is 0 Å². The van der Waals surface area contributed by atoms with Gasteiger partial charge in [-0.05, 0) is 23.8 Å². The van der Waals surface area contributed by atoms with Crippen LogP contribution in [0.5, 0.6) is 0 Å². The number of benzene rings is 2. The molecule has 0 saturated heterocycles. The minimum atomic E-state index is -4.67. The third kappa shape index (κ3) is 3.84. The maximum atomic E-state index is 13.3. The molecule has 0 saturated carbocycles. The maximum absolute atomic E-state index is 13.3. The van der Waals surface area contributed by atoms with E-state index in [1.54, 1.807) is 18.2 Å². The highest BCUT2D eigenvalue weighted by Crippen LogP contribution is 2.39. The highest BCUT2D eigenvalue weighted by Gasteiger charge is 2.38. The normalized spacial score (nSPS) is 11.4. The lowest BCUT2D eigenvalue weighted by Gasteiger charge is -2.10. The second-order valence-corrected chi connectivity index (χ2v) is 6.17. The van der Waals surface area contributed by atoms with Gasteiger partial charge in [-0.2, -0.15) is 18.3 Å². The van der Waals surface area contributed by atoms with Crippen LogP contribution < -0.4 is 5.32 Å². The van der Waals surface area contributed by atoms with Crippen molar-refractivity contribution in [2.24, 2.45) is 0 Å². The number of aromatic amines is 1. The van der Waals surface area contributed by atoms with Crippen LogP contribution in [0.1, 0.15) is 16.1 Å². The Balaban J connectivity index is 2.03. The van der Waals surface area contributed by atoms with Crippen LogP contribution in [0.15, 0.2) is 48.5 Å². The van der Waals surface area contributed by atoms with E-state index in [2.05, 4.69) is 10.4 Å². The molecular weight excluding hydrogens is 390 g/mol. The molecule has 0 aliphatic heterocycles. The molecule has 3 rings (SSSR count). The number of rotatable bonds is 3. The number of nitrogens with zero attached hydrogens (tertiary/aromatic N) is 1. The van der Waals surface area contributed by atoms with Crippen LogP contribution in [0, 0.1) is 0 Å². The van der Waals surface area contributed by atoms with Crippen LogP contribution in [0.25, 0.3) is 11.1 Å². The molecule has 2 aromatic carbocycles. The number of anilines is 1. The zero-order chi connectivity index (χ0) is 18.9. The Labute approximate surface area is 155 Å². The van der Waals surface area contributed by atoms with E-state index in [-0.39, 0.29) is 32.6 Å². The number of hydrogen-bond acceptors (Lipinski definition) is 2. The van der Waals surface area contributed by atoms with Crippen molar-refractivity contribution in [1.29, 1.82) is 0 Å². The van der Waals surface area contributed by atoms with Gasteiger partial charge in [0.2, 0.25) is 0 Å². The lowest BCUT2D eigenvalue weighted by molar-refractivity contribution is -0.140. The minimum Gasteiger partial charge on any atom is -0.305 e. The van der Waals surface area contributed by atoms with Crippen LogP contribution in [-0.2, 0) is 6.18 Å². The summed E-state index contributed by atoms with van der Waals surface area (Å²) in [4.78, 5) is 12.4. The van der Waals surface area contributed by atoms with E-state index in [0.29, 0.717) is 0 Å². The summed E-state index contributed by atoms with van der Waals surface area (Å²) >= 11 is 11.7. The first-order chi connectivity index (χ1) is 12.3. The number of carbonyl (C=O) groups excluding carboxylic acids is 1. The van der Waals surface area contributed by atoms with Crippen LogP contribution in [0.4, 0.5) is 19.0 Å². The topological polar surface area (TPSA) is 57.8 Å². The third-order valence-corrected chi connectivity index (χ3v) is 3.91. The van der Waals surface area contributed by atoms with Crippen LogP contribution in [0.2, 0.25) is 10.0 Å². The van der Waals surface area contributed by atoms with Gasteiger partial charge >= 0.3 is 6.18 Å². The summed E-state index contributed by atoms with van der Waals surface area (Å²) in [7, 11) is 0. The highest BCUT2D eigenvalue weighted by molar-refractivity contribution is 6.35. The van der Waals surface area contributed by atoms with Gasteiger partial charge in [0.15, 0.2) is 5.82 Å². The van der Waals surface area contributed by atoms with E-state index in [9.17, 15) is 18.0 Å². The van der Waals surface area contributed by atoms with Crippen molar-refractivity contribution in [3.05, 3.63) is 69.8 Å². The first kappa shape index (κ1) is 18.3. The number of H-pyrrole nitrogens is 1. The van der Waals surface area contributed by atoms with Gasteiger partial charge in [0.05, 0.1) is 5.56 Å². The van der Waals surface area contributed by atoms with Gasteiger partial charge in [-0.25, -0.2) is 0 Å². The predicted octanol–water partition coefficient (Wildman–Crippen LogP) is 5.65. The molecular formula is C17H10Cl2F3N3O. The minimum absolute atomic E-state index is 0.0954. The van der Waals surface area contributed by atoms with Gasteiger partial charge < -0.3 is 5.32 Å². The Morgan fingerprint density at radius 1 is 1.04 bits per heavy atom. The monoisotopic (exact) mass is 399 g/mol. The van der Waals surface area contributed by atoms with E-state index in [4.69, 9.17) is 23.2 Å². The van der Waals surface area contributed by atoms with Crippen LogP contribution >= 0.6 is 23.2 Å². The molecule has 0 fully saturated rings. The van der Waals surface area contributed by atoms with Crippen molar-refractivity contribution in [1.82, 2.24) is 10.2 Å². The summed E-state index contributed by atoms with van der Waals surface area (Å²) in [5.74, 6) is -0.934. The molecule has 0 aliphatic rings. The molecule has 2 N–H and O–H groups in total. The molecule has 9 heteroatoms. The van der Waals surface area contributed by atoms with Gasteiger partial charge in [0, 0.05) is 15.6 Å². The summed E-state index contributed by atoms with van der Waals surface area (Å²) in [6, 6.07) is 12.0. The summed E-state index contributed by atoms with van der Waals surface area (Å²) < 4.78 is 39.9. The summed E-state index contributed by atoms with van der Waals surface area (Å²) in [5, 5.41) is 8.40. The molecule has 3 aromatic rings. The van der Waals surface area contributed by atoms with Gasteiger partial charge in [-0.3, -0.25) is 9.89 Å². The molecule has 1 heterocycles. The average molecular weight is 400 g/mol. The predicted molar refractivity (Wildman–Crippen MR) is 93.4 cm³/mol. The van der Waals surface area contributed by atoms with E-state index >= 15 is 0 Å². The molecule has 0 aliphatic carbocycles. The number of hydrogen-bond donors (Lipinski definition) is 2. The number of carbonyl (C=O) groups is 1. The van der Waals surface area contributed by atoms with E-state index in [1.165, 1.54) is 30.3 Å². The fourth-order valence-corrected chi connectivity index (χ4v) is 2.91. The van der Waals surface area contributed by atoms with Gasteiger partial charge in [0.25, 0.3) is 5.91 Å². The quantitative estimate of drug-likeness (QED) is 0.597. The standard InChI is InChI=1S/C17H10Cl2F3N3O/c18-11-6-10(7-12(19)8-11)16(26)23-15-13(9-4-2-1-3-5-9)14(24-25-15)17(20,21)22/h1-8H,(H2,23,24,25,26). The summed E-state index contributed by atoms with van der Waals surface area (Å²) in [6.07, 6.45) is -4.67. The fourth-order valence-electron chi connectivity index (χ4n) is 2.39. The zero-order valence-corrected chi connectivity index (χ0v) is 14.4. The number of halogens is 5. The molecule has 26 heavy (non-hydrogen) atoms. The van der Waals surface area contributed by atoms with E-state index < -0.39 is 17.8 Å². The van der Waals surface area contributed by atoms with Crippen molar-refractivity contribution in [2.75, 3.05) is 5.32 Å². The number of nitrogens with one attached hydrogen (secondary N) is 2. The second-order valence-electron chi connectivity index (χ2n) is 5.30. The SMILES string of the molecule is O=C(Nc1n[nH]c(C(F)(F)F)c1-c1ccccc1)c1cc(Cl)cc(Cl)c1. The molecule has 1 aromatic heterocycles. The molecule has 1 amide bonds. The lowest BCUT2D eigenvalue weighted by atomic mass is 10.0. The van der Waals surface area contributed by atoms with E-state index in [1.807, 2.05) is 5.10 Å². The van der Waals surface area contributed by atoms with Gasteiger partial charge in [-0.1, -0.05) is 53.5 Å². The molecule has 0 unspecified atom stereocenters. The van der Waals surface area contributed by atoms with Crippen molar-refractivity contribution in [3.63, 3.8) is 0 Å². The molecule has 0 radical (unpaired) electrons. The molecule has 4 nitrogen and oxygen atoms in total. The smallest absolute Gasteiger partial charge is 0.305 e. The summed E-state index contributed by atoms with van der Waals surface area (Å²) in [6.45, 7) is 0. The number of amides is 1. The lowest BCUT2D eigenvalue weighted by Crippen LogP contribution is -2.13. The first-order valence-electron chi connectivity index (χ1n) is 7.24. The maximum Gasteiger partial charge on any atom is 0.433 e. The zero-order valence-electron chi connectivity index (χ0n) is 12.9. The molecule has 0 spiro atoms. The first-order valence-corrected chi connectivity index (χ1v) is 7.99. The largest absolute Gasteiger partial charge is 0.433 e. The Kier molecular flexibility index (Phi) is 4.93. The summed E-state index contributed by atoms with van der Waals surface area (Å²) in [5.41, 5.74) is -0.950.